The van der Waals surface area contributed by atoms with Crippen LogP contribution in [0.1, 0.15) is 27.2 Å². The molecule has 0 spiro atoms. The van der Waals surface area contributed by atoms with E-state index in [0.717, 1.165) is 12.0 Å². The van der Waals surface area contributed by atoms with Crippen LogP contribution in [0, 0.1) is 0 Å². The third-order valence-electron chi connectivity index (χ3n) is 2.73. The number of esters is 1. The van der Waals surface area contributed by atoms with Crippen LogP contribution in [-0.4, -0.2) is 49.2 Å². The molecule has 0 aromatic rings. The van der Waals surface area contributed by atoms with E-state index in [9.17, 15) is 22.5 Å². The zero-order valence-electron chi connectivity index (χ0n) is 13.4. The molecule has 0 bridgehead atoms. The van der Waals surface area contributed by atoms with Crippen molar-refractivity contribution >= 4 is 19.0 Å². The number of methoxy groups -OCH3 is 1. The van der Waals surface area contributed by atoms with Gasteiger partial charge in [0.25, 0.3) is 0 Å². The standard InChI is InChI=1S/C12H18BF3NO4.K/c1-12(2,3)21-11(19)17-7-8(6-13(14,15)16)5-9(17)10(18)20-4;/h6,9H,5,7H2,1-4H3;/q-1;+1/b8-6+;. The second-order valence-electron chi connectivity index (χ2n) is 5.80. The van der Waals surface area contributed by atoms with Crippen molar-refractivity contribution in [2.24, 2.45) is 0 Å². The molecule has 1 fully saturated rings. The topological polar surface area (TPSA) is 55.8 Å². The predicted octanol–water partition coefficient (Wildman–Crippen LogP) is -0.514. The van der Waals surface area contributed by atoms with Crippen molar-refractivity contribution in [3.8, 4) is 0 Å². The number of carbonyl (C=O) groups is 2. The Balaban J connectivity index is 0.00000441. The van der Waals surface area contributed by atoms with E-state index >= 15 is 0 Å². The first-order chi connectivity index (χ1) is 9.43. The summed E-state index contributed by atoms with van der Waals surface area (Å²) in [7, 11) is 1.12. The number of amides is 1. The molecule has 1 rings (SSSR count). The van der Waals surface area contributed by atoms with Crippen LogP contribution in [-0.2, 0) is 14.3 Å². The van der Waals surface area contributed by atoms with Gasteiger partial charge in [-0.3, -0.25) is 4.90 Å². The van der Waals surface area contributed by atoms with Crippen molar-refractivity contribution in [3.63, 3.8) is 0 Å². The van der Waals surface area contributed by atoms with Gasteiger partial charge >= 0.3 is 70.4 Å². The molecule has 0 aromatic carbocycles. The van der Waals surface area contributed by atoms with Crippen molar-refractivity contribution < 1.29 is 83.4 Å². The average Bonchev–Trinajstić information content (AvgIpc) is 2.67. The summed E-state index contributed by atoms with van der Waals surface area (Å²) in [5.74, 6) is -0.598. The normalized spacial score (nSPS) is 20.6. The maximum atomic E-state index is 12.5. The molecule has 1 atom stereocenters. The van der Waals surface area contributed by atoms with Gasteiger partial charge in [0.15, 0.2) is 0 Å². The van der Waals surface area contributed by atoms with E-state index in [1.807, 2.05) is 0 Å². The molecular weight excluding hydrogens is 329 g/mol. The van der Waals surface area contributed by atoms with E-state index in [1.165, 1.54) is 0 Å². The molecule has 0 aliphatic carbocycles. The fourth-order valence-corrected chi connectivity index (χ4v) is 2.00. The SMILES string of the molecule is COC(=O)C1C/C(=C\[B-](F)(F)F)CN1C(=O)OC(C)(C)C.[K+]. The monoisotopic (exact) mass is 347 g/mol. The Morgan fingerprint density at radius 3 is 2.27 bits per heavy atom. The maximum Gasteiger partial charge on any atom is 1.00 e. The van der Waals surface area contributed by atoms with Crippen molar-refractivity contribution in [1.82, 2.24) is 4.90 Å². The Labute approximate surface area is 170 Å². The summed E-state index contributed by atoms with van der Waals surface area (Å²) in [6, 6.07) is -1.09. The van der Waals surface area contributed by atoms with E-state index in [0.29, 0.717) is 0 Å². The van der Waals surface area contributed by atoms with Gasteiger partial charge in [0, 0.05) is 6.54 Å². The van der Waals surface area contributed by atoms with Crippen LogP contribution in [0.4, 0.5) is 17.7 Å². The number of ether oxygens (including phenoxy) is 2. The number of carbonyl (C=O) groups excluding carboxylic acids is 2. The molecule has 1 heterocycles. The molecular formula is C12H18BF3KNO4. The molecule has 0 aromatic heterocycles. The third-order valence-corrected chi connectivity index (χ3v) is 2.73. The molecule has 10 heteroatoms. The summed E-state index contributed by atoms with van der Waals surface area (Å²) in [5, 5.41) is 0. The zero-order valence-corrected chi connectivity index (χ0v) is 16.5. The van der Waals surface area contributed by atoms with Gasteiger partial charge in [-0.05, 0) is 27.2 Å². The third kappa shape index (κ3) is 7.03. The van der Waals surface area contributed by atoms with Gasteiger partial charge in [0.1, 0.15) is 11.6 Å². The summed E-state index contributed by atoms with van der Waals surface area (Å²) in [4.78, 5) is 24.6. The van der Waals surface area contributed by atoms with E-state index in [4.69, 9.17) is 4.74 Å². The van der Waals surface area contributed by atoms with Crippen LogP contribution < -0.4 is 51.4 Å². The van der Waals surface area contributed by atoms with Crippen LogP contribution in [0.2, 0.25) is 0 Å². The van der Waals surface area contributed by atoms with Gasteiger partial charge in [-0.15, -0.1) is 5.98 Å². The van der Waals surface area contributed by atoms with Crippen LogP contribution >= 0.6 is 0 Å². The maximum absolute atomic E-state index is 12.5. The number of likely N-dealkylation sites (tertiary alicyclic amines) is 1. The van der Waals surface area contributed by atoms with Gasteiger partial charge in [0.05, 0.1) is 7.11 Å². The Hall–Kier alpha value is -0.0287. The fraction of sp³-hybridized carbons (Fsp3) is 0.667. The van der Waals surface area contributed by atoms with Crippen LogP contribution in [0.5, 0.6) is 0 Å². The van der Waals surface area contributed by atoms with E-state index in [-0.39, 0.29) is 75.9 Å². The molecule has 1 aliphatic rings. The van der Waals surface area contributed by atoms with E-state index in [2.05, 4.69) is 4.74 Å². The smallest absolute Gasteiger partial charge is 0.467 e. The summed E-state index contributed by atoms with van der Waals surface area (Å²) in [6.45, 7) is -0.540. The average molecular weight is 347 g/mol. The summed E-state index contributed by atoms with van der Waals surface area (Å²) >= 11 is 0. The first kappa shape index (κ1) is 22.0. The number of hydrogen-bond acceptors (Lipinski definition) is 4. The number of halogens is 3. The largest absolute Gasteiger partial charge is 1.00 e. The zero-order chi connectivity index (χ0) is 16.4. The van der Waals surface area contributed by atoms with E-state index < -0.39 is 30.7 Å². The summed E-state index contributed by atoms with van der Waals surface area (Å²) in [6.07, 6.45) is -1.04. The Kier molecular flexibility index (Phi) is 8.17. The first-order valence-electron chi connectivity index (χ1n) is 6.41. The first-order valence-corrected chi connectivity index (χ1v) is 6.41. The van der Waals surface area contributed by atoms with Gasteiger partial charge < -0.3 is 22.4 Å². The molecule has 1 aliphatic heterocycles. The van der Waals surface area contributed by atoms with Gasteiger partial charge in [0.2, 0.25) is 0 Å². The van der Waals surface area contributed by atoms with Gasteiger partial charge in [-0.25, -0.2) is 9.59 Å². The van der Waals surface area contributed by atoms with Crippen molar-refractivity contribution in [2.45, 2.75) is 38.8 Å². The second-order valence-corrected chi connectivity index (χ2v) is 5.80. The van der Waals surface area contributed by atoms with E-state index in [1.54, 1.807) is 20.8 Å². The minimum Gasteiger partial charge on any atom is -0.467 e. The molecule has 120 valence electrons. The van der Waals surface area contributed by atoms with Crippen LogP contribution in [0.15, 0.2) is 11.5 Å². The molecule has 0 N–H and O–H groups in total. The summed E-state index contributed by atoms with van der Waals surface area (Å²) in [5.41, 5.74) is -0.846. The van der Waals surface area contributed by atoms with Crippen molar-refractivity contribution in [1.29, 1.82) is 0 Å². The Morgan fingerprint density at radius 2 is 1.86 bits per heavy atom. The molecule has 0 radical (unpaired) electrons. The Morgan fingerprint density at radius 1 is 1.32 bits per heavy atom. The molecule has 1 saturated heterocycles. The number of rotatable bonds is 2. The minimum absolute atomic E-state index is 0. The van der Waals surface area contributed by atoms with Crippen molar-refractivity contribution in [3.05, 3.63) is 11.5 Å². The Bertz CT molecular complexity index is 462. The number of hydrogen-bond donors (Lipinski definition) is 0. The fourth-order valence-electron chi connectivity index (χ4n) is 2.00. The second kappa shape index (κ2) is 8.18. The molecule has 1 amide bonds. The molecule has 5 nitrogen and oxygen atoms in total. The molecule has 1 unspecified atom stereocenters. The van der Waals surface area contributed by atoms with Crippen molar-refractivity contribution in [2.75, 3.05) is 13.7 Å². The predicted molar refractivity (Wildman–Crippen MR) is 70.5 cm³/mol. The van der Waals surface area contributed by atoms with Gasteiger partial charge in [-0.2, -0.15) is 0 Å². The minimum atomic E-state index is -5.13. The quantitative estimate of drug-likeness (QED) is 0.499. The van der Waals surface area contributed by atoms with Gasteiger partial charge in [-0.1, -0.05) is 5.57 Å². The number of nitrogens with zero attached hydrogens (tertiary/aromatic N) is 1. The molecule has 22 heavy (non-hydrogen) atoms. The van der Waals surface area contributed by atoms with Crippen LogP contribution in [0.25, 0.3) is 0 Å². The molecule has 0 saturated carbocycles. The van der Waals surface area contributed by atoms with Crippen LogP contribution in [0.3, 0.4) is 0 Å². The summed E-state index contributed by atoms with van der Waals surface area (Å²) < 4.78 is 47.0.